The van der Waals surface area contributed by atoms with Gasteiger partial charge in [0.2, 0.25) is 10.0 Å². The highest BCUT2D eigenvalue weighted by atomic mass is 32.2. The second kappa shape index (κ2) is 8.02. The molecule has 1 aromatic rings. The third-order valence-corrected chi connectivity index (χ3v) is 5.13. The molecule has 0 bridgehead atoms. The van der Waals surface area contributed by atoms with Gasteiger partial charge in [0, 0.05) is 6.04 Å². The molecule has 0 radical (unpaired) electrons. The Bertz CT molecular complexity index is 609. The highest BCUT2D eigenvalue weighted by Gasteiger charge is 2.28. The van der Waals surface area contributed by atoms with Crippen LogP contribution in [0.2, 0.25) is 0 Å². The van der Waals surface area contributed by atoms with Crippen LogP contribution < -0.4 is 0 Å². The molecule has 0 saturated heterocycles. The molecule has 0 aliphatic heterocycles. The van der Waals surface area contributed by atoms with Crippen molar-refractivity contribution in [2.24, 2.45) is 0 Å². The Morgan fingerprint density at radius 1 is 1.33 bits per heavy atom. The van der Waals surface area contributed by atoms with Gasteiger partial charge in [0.15, 0.2) is 0 Å². The Hall–Kier alpha value is -1.57. The highest BCUT2D eigenvalue weighted by Crippen LogP contribution is 2.21. The van der Waals surface area contributed by atoms with E-state index in [1.165, 1.54) is 4.31 Å². The van der Waals surface area contributed by atoms with Crippen LogP contribution in [0.4, 0.5) is 0 Å². The van der Waals surface area contributed by atoms with Crippen LogP contribution in [-0.2, 0) is 10.0 Å². The van der Waals surface area contributed by atoms with Crippen LogP contribution in [0.5, 0.6) is 0 Å². The number of allylic oxidation sites excluding steroid dienone is 1. The monoisotopic (exact) mass is 305 g/mol. The van der Waals surface area contributed by atoms with Gasteiger partial charge >= 0.3 is 0 Å². The summed E-state index contributed by atoms with van der Waals surface area (Å²) in [6.45, 7) is 5.92. The first-order chi connectivity index (χ1) is 9.97. The maximum absolute atomic E-state index is 12.8. The van der Waals surface area contributed by atoms with Crippen molar-refractivity contribution < 1.29 is 8.42 Å². The molecule has 0 amide bonds. The maximum atomic E-state index is 12.8. The van der Waals surface area contributed by atoms with E-state index in [9.17, 15) is 8.42 Å². The van der Waals surface area contributed by atoms with Crippen LogP contribution in [0.25, 0.3) is 0 Å². The second-order valence-corrected chi connectivity index (χ2v) is 6.84. The van der Waals surface area contributed by atoms with Crippen LogP contribution in [-0.4, -0.2) is 25.3 Å². The zero-order chi connectivity index (χ0) is 15.9. The standard InChI is InChI=1S/C17H23NO2S/c1-5-8-16(9-6-2)18(14-7-3)21(19,20)17-12-10-15(4)11-13-17/h3,5,8,10-13,16H,6,9,14H2,1-2,4H3. The number of hydrogen-bond acceptors (Lipinski definition) is 2. The lowest BCUT2D eigenvalue weighted by Gasteiger charge is -2.27. The van der Waals surface area contributed by atoms with Crippen LogP contribution in [0.3, 0.4) is 0 Å². The maximum Gasteiger partial charge on any atom is 0.244 e. The van der Waals surface area contributed by atoms with Gasteiger partial charge in [-0.05, 0) is 32.4 Å². The van der Waals surface area contributed by atoms with Gasteiger partial charge < -0.3 is 0 Å². The molecule has 0 fully saturated rings. The Morgan fingerprint density at radius 2 is 1.95 bits per heavy atom. The third kappa shape index (κ3) is 4.45. The smallest absolute Gasteiger partial charge is 0.207 e. The SMILES string of the molecule is C#CCN(C(C=CC)CCC)S(=O)(=O)c1ccc(C)cc1. The molecule has 3 nitrogen and oxygen atoms in total. The minimum absolute atomic E-state index is 0.0746. The van der Waals surface area contributed by atoms with Crippen LogP contribution in [0.15, 0.2) is 41.3 Å². The number of sulfonamides is 1. The van der Waals surface area contributed by atoms with E-state index in [-0.39, 0.29) is 17.5 Å². The van der Waals surface area contributed by atoms with Gasteiger partial charge in [-0.25, -0.2) is 8.42 Å². The van der Waals surface area contributed by atoms with E-state index in [4.69, 9.17) is 6.42 Å². The molecule has 0 heterocycles. The van der Waals surface area contributed by atoms with Gasteiger partial charge in [0.1, 0.15) is 0 Å². The van der Waals surface area contributed by atoms with Crippen molar-refractivity contribution in [3.05, 3.63) is 42.0 Å². The van der Waals surface area contributed by atoms with E-state index in [1.54, 1.807) is 24.3 Å². The summed E-state index contributed by atoms with van der Waals surface area (Å²) >= 11 is 0. The summed E-state index contributed by atoms with van der Waals surface area (Å²) in [5, 5.41) is 0. The number of nitrogens with zero attached hydrogens (tertiary/aromatic N) is 1. The summed E-state index contributed by atoms with van der Waals surface area (Å²) in [5.74, 6) is 2.47. The fraction of sp³-hybridized carbons (Fsp3) is 0.412. The van der Waals surface area contributed by atoms with Crippen molar-refractivity contribution in [3.63, 3.8) is 0 Å². The molecule has 0 saturated carbocycles. The first-order valence-electron chi connectivity index (χ1n) is 7.12. The predicted molar refractivity (Wildman–Crippen MR) is 87.4 cm³/mol. The molecule has 21 heavy (non-hydrogen) atoms. The van der Waals surface area contributed by atoms with E-state index >= 15 is 0 Å². The van der Waals surface area contributed by atoms with Crippen molar-refractivity contribution in [2.45, 2.75) is 44.6 Å². The van der Waals surface area contributed by atoms with Gasteiger partial charge in [-0.15, -0.1) is 6.42 Å². The zero-order valence-electron chi connectivity index (χ0n) is 12.9. The summed E-state index contributed by atoms with van der Waals surface area (Å²) in [7, 11) is -3.58. The molecule has 0 aliphatic carbocycles. The molecule has 0 aliphatic rings. The fourth-order valence-electron chi connectivity index (χ4n) is 2.17. The average molecular weight is 305 g/mol. The first kappa shape index (κ1) is 17.5. The Labute approximate surface area is 128 Å². The van der Waals surface area contributed by atoms with Crippen molar-refractivity contribution in [1.29, 1.82) is 0 Å². The lowest BCUT2D eigenvalue weighted by Crippen LogP contribution is -2.39. The molecule has 4 heteroatoms. The lowest BCUT2D eigenvalue weighted by molar-refractivity contribution is 0.375. The minimum atomic E-state index is -3.58. The molecule has 0 spiro atoms. The molecule has 114 valence electrons. The van der Waals surface area contributed by atoms with E-state index in [1.807, 2.05) is 32.9 Å². The molecule has 1 unspecified atom stereocenters. The molecular weight excluding hydrogens is 282 g/mol. The van der Waals surface area contributed by atoms with Crippen molar-refractivity contribution in [3.8, 4) is 12.3 Å². The highest BCUT2D eigenvalue weighted by molar-refractivity contribution is 7.89. The van der Waals surface area contributed by atoms with Crippen LogP contribution in [0.1, 0.15) is 32.3 Å². The number of rotatable bonds is 7. The Balaban J connectivity index is 3.24. The lowest BCUT2D eigenvalue weighted by atomic mass is 10.1. The van der Waals surface area contributed by atoms with Gasteiger partial charge in [-0.3, -0.25) is 0 Å². The average Bonchev–Trinajstić information content (AvgIpc) is 2.45. The van der Waals surface area contributed by atoms with Crippen molar-refractivity contribution >= 4 is 10.0 Å². The summed E-state index contributed by atoms with van der Waals surface area (Å²) < 4.78 is 27.0. The Morgan fingerprint density at radius 3 is 2.43 bits per heavy atom. The van der Waals surface area contributed by atoms with Gasteiger partial charge in [-0.2, -0.15) is 4.31 Å². The van der Waals surface area contributed by atoms with Crippen molar-refractivity contribution in [1.82, 2.24) is 4.31 Å². The molecule has 1 aromatic carbocycles. The van der Waals surface area contributed by atoms with E-state index in [0.29, 0.717) is 0 Å². The topological polar surface area (TPSA) is 37.4 Å². The van der Waals surface area contributed by atoms with E-state index in [0.717, 1.165) is 18.4 Å². The van der Waals surface area contributed by atoms with Crippen LogP contribution in [0, 0.1) is 19.3 Å². The minimum Gasteiger partial charge on any atom is -0.207 e. The summed E-state index contributed by atoms with van der Waals surface area (Å²) in [6, 6.07) is 6.65. The Kier molecular flexibility index (Phi) is 6.67. The second-order valence-electron chi connectivity index (χ2n) is 4.95. The molecule has 0 N–H and O–H groups in total. The number of hydrogen-bond donors (Lipinski definition) is 0. The molecule has 1 atom stereocenters. The van der Waals surface area contributed by atoms with E-state index in [2.05, 4.69) is 5.92 Å². The van der Waals surface area contributed by atoms with Gasteiger partial charge in [0.05, 0.1) is 11.4 Å². The largest absolute Gasteiger partial charge is 0.244 e. The first-order valence-corrected chi connectivity index (χ1v) is 8.56. The normalized spacial score (nSPS) is 13.5. The summed E-state index contributed by atoms with van der Waals surface area (Å²) in [4.78, 5) is 0.286. The molecule has 0 aromatic heterocycles. The van der Waals surface area contributed by atoms with Gasteiger partial charge in [0.25, 0.3) is 0 Å². The number of aryl methyl sites for hydroxylation is 1. The number of terminal acetylenes is 1. The number of benzene rings is 1. The summed E-state index contributed by atoms with van der Waals surface area (Å²) in [5.41, 5.74) is 1.02. The quantitative estimate of drug-likeness (QED) is 0.572. The zero-order valence-corrected chi connectivity index (χ0v) is 13.7. The van der Waals surface area contributed by atoms with Gasteiger partial charge in [-0.1, -0.05) is 49.1 Å². The third-order valence-electron chi connectivity index (χ3n) is 3.24. The van der Waals surface area contributed by atoms with E-state index < -0.39 is 10.0 Å². The van der Waals surface area contributed by atoms with Crippen LogP contribution >= 0.6 is 0 Å². The fourth-order valence-corrected chi connectivity index (χ4v) is 3.70. The molecule has 1 rings (SSSR count). The summed E-state index contributed by atoms with van der Waals surface area (Å²) in [6.07, 6.45) is 10.8. The predicted octanol–water partition coefficient (Wildman–Crippen LogP) is 3.36. The van der Waals surface area contributed by atoms with Crippen molar-refractivity contribution in [2.75, 3.05) is 6.54 Å². The molecular formula is C17H23NO2S.